The maximum Gasteiger partial charge on any atom is 0.163 e. The highest BCUT2D eigenvalue weighted by Gasteiger charge is 2.49. The minimum absolute atomic E-state index is 0.0340. The van der Waals surface area contributed by atoms with Gasteiger partial charge in [-0.1, -0.05) is 25.5 Å². The zero-order valence-electron chi connectivity index (χ0n) is 13.4. The van der Waals surface area contributed by atoms with E-state index >= 15 is 0 Å². The predicted molar refractivity (Wildman–Crippen MR) is 80.2 cm³/mol. The second-order valence-corrected chi connectivity index (χ2v) is 8.17. The third-order valence-electron chi connectivity index (χ3n) is 5.24. The third kappa shape index (κ3) is 2.13. The van der Waals surface area contributed by atoms with Gasteiger partial charge in [0.1, 0.15) is 11.4 Å². The Hall–Kier alpha value is -1.05. The predicted octanol–water partition coefficient (Wildman–Crippen LogP) is 4.41. The molecule has 2 nitrogen and oxygen atoms in total. The van der Waals surface area contributed by atoms with Crippen molar-refractivity contribution in [3.8, 4) is 0 Å². The largest absolute Gasteiger partial charge is 0.491 e. The molecule has 0 saturated carbocycles. The van der Waals surface area contributed by atoms with Crippen molar-refractivity contribution in [2.75, 3.05) is 0 Å². The van der Waals surface area contributed by atoms with Gasteiger partial charge in [-0.2, -0.15) is 0 Å². The number of carbonyl (C=O) groups is 1. The highest BCUT2D eigenvalue weighted by Crippen LogP contribution is 2.52. The van der Waals surface area contributed by atoms with Gasteiger partial charge in [0.25, 0.3) is 0 Å². The van der Waals surface area contributed by atoms with Crippen molar-refractivity contribution in [1.29, 1.82) is 0 Å². The number of hydrogen-bond donors (Lipinski definition) is 0. The van der Waals surface area contributed by atoms with Gasteiger partial charge in [-0.05, 0) is 39.0 Å². The van der Waals surface area contributed by atoms with Gasteiger partial charge in [0.15, 0.2) is 5.78 Å². The molecule has 2 unspecified atom stereocenters. The summed E-state index contributed by atoms with van der Waals surface area (Å²) in [5, 5.41) is 0. The molecular formula is C18H26O2. The minimum Gasteiger partial charge on any atom is -0.491 e. The molecule has 0 amide bonds. The first-order valence-electron chi connectivity index (χ1n) is 7.82. The molecule has 0 saturated heterocycles. The maximum atomic E-state index is 12.6. The van der Waals surface area contributed by atoms with Gasteiger partial charge >= 0.3 is 0 Å². The first-order chi connectivity index (χ1) is 9.20. The van der Waals surface area contributed by atoms with Crippen LogP contribution in [0.4, 0.5) is 0 Å². The van der Waals surface area contributed by atoms with E-state index in [1.165, 1.54) is 5.57 Å². The maximum absolute atomic E-state index is 12.6. The Labute approximate surface area is 122 Å². The van der Waals surface area contributed by atoms with E-state index in [9.17, 15) is 4.79 Å². The Balaban J connectivity index is 2.10. The molecule has 0 aromatic rings. The van der Waals surface area contributed by atoms with Gasteiger partial charge in [-0.15, -0.1) is 0 Å². The molecule has 0 aromatic carbocycles. The van der Waals surface area contributed by atoms with Gasteiger partial charge in [-0.3, -0.25) is 4.79 Å². The molecule has 2 atom stereocenters. The number of fused-ring (bicyclic) bond motifs is 2. The lowest BCUT2D eigenvalue weighted by Gasteiger charge is -2.49. The van der Waals surface area contributed by atoms with E-state index in [1.807, 2.05) is 0 Å². The number of ketones is 1. The van der Waals surface area contributed by atoms with Crippen LogP contribution in [0.15, 0.2) is 23.0 Å². The van der Waals surface area contributed by atoms with E-state index < -0.39 is 0 Å². The molecule has 0 spiro atoms. The summed E-state index contributed by atoms with van der Waals surface area (Å²) in [5.74, 6) is 2.01. The smallest absolute Gasteiger partial charge is 0.163 e. The van der Waals surface area contributed by atoms with E-state index in [-0.39, 0.29) is 16.9 Å². The second kappa shape index (κ2) is 4.22. The molecule has 3 aliphatic rings. The van der Waals surface area contributed by atoms with Crippen LogP contribution in [-0.4, -0.2) is 11.4 Å². The lowest BCUT2D eigenvalue weighted by Crippen LogP contribution is -2.48. The van der Waals surface area contributed by atoms with Crippen LogP contribution >= 0.6 is 0 Å². The van der Waals surface area contributed by atoms with Gasteiger partial charge in [0.05, 0.1) is 0 Å². The molecule has 2 heteroatoms. The SMILES string of the molecule is CC1=CC2C3=C(CC(C)(C)CC3=O)OC(C)(C)C2CC1. The monoisotopic (exact) mass is 274 g/mol. The molecule has 1 aliphatic heterocycles. The van der Waals surface area contributed by atoms with Crippen molar-refractivity contribution in [3.05, 3.63) is 23.0 Å². The molecule has 3 rings (SSSR count). The highest BCUT2D eigenvalue weighted by atomic mass is 16.5. The Morgan fingerprint density at radius 1 is 1.20 bits per heavy atom. The van der Waals surface area contributed by atoms with Crippen LogP contribution in [0.2, 0.25) is 0 Å². The molecule has 0 fully saturated rings. The van der Waals surface area contributed by atoms with E-state index in [0.29, 0.717) is 18.1 Å². The Kier molecular flexibility index (Phi) is 2.94. The number of rotatable bonds is 0. The van der Waals surface area contributed by atoms with E-state index in [2.05, 4.69) is 40.7 Å². The fourth-order valence-electron chi connectivity index (χ4n) is 4.27. The van der Waals surface area contributed by atoms with E-state index in [4.69, 9.17) is 4.74 Å². The molecule has 0 aromatic heterocycles. The number of ether oxygens (including phenoxy) is 1. The van der Waals surface area contributed by atoms with Gasteiger partial charge in [0, 0.05) is 30.3 Å². The van der Waals surface area contributed by atoms with Crippen molar-refractivity contribution in [2.24, 2.45) is 17.3 Å². The summed E-state index contributed by atoms with van der Waals surface area (Å²) in [6.07, 6.45) is 6.16. The third-order valence-corrected chi connectivity index (χ3v) is 5.24. The standard InChI is InChI=1S/C18H26O2/c1-11-6-7-13-12(8-11)16-14(19)9-17(2,3)10-15(16)20-18(13,4)5/h8,12-13H,6-7,9-10H2,1-5H3. The fraction of sp³-hybridized carbons (Fsp3) is 0.722. The summed E-state index contributed by atoms with van der Waals surface area (Å²) < 4.78 is 6.32. The molecular weight excluding hydrogens is 248 g/mol. The van der Waals surface area contributed by atoms with Crippen LogP contribution in [0.5, 0.6) is 0 Å². The molecule has 0 radical (unpaired) electrons. The van der Waals surface area contributed by atoms with Crippen LogP contribution in [-0.2, 0) is 9.53 Å². The first-order valence-corrected chi connectivity index (χ1v) is 7.82. The second-order valence-electron chi connectivity index (χ2n) is 8.17. The number of Topliss-reactive ketones (excluding diaryl/α,β-unsaturated/α-hetero) is 1. The quantitative estimate of drug-likeness (QED) is 0.612. The topological polar surface area (TPSA) is 26.3 Å². The molecule has 0 bridgehead atoms. The van der Waals surface area contributed by atoms with Gasteiger partial charge < -0.3 is 4.74 Å². The average Bonchev–Trinajstić information content (AvgIpc) is 2.24. The van der Waals surface area contributed by atoms with E-state index in [1.54, 1.807) is 0 Å². The lowest BCUT2D eigenvalue weighted by molar-refractivity contribution is -0.124. The zero-order chi connectivity index (χ0) is 14.7. The summed E-state index contributed by atoms with van der Waals surface area (Å²) in [6.45, 7) is 10.9. The molecule has 110 valence electrons. The van der Waals surface area contributed by atoms with Crippen molar-refractivity contribution >= 4 is 5.78 Å². The van der Waals surface area contributed by atoms with Crippen LogP contribution in [0.3, 0.4) is 0 Å². The number of allylic oxidation sites excluding steroid dienone is 4. The van der Waals surface area contributed by atoms with Crippen LogP contribution in [0.25, 0.3) is 0 Å². The normalized spacial score (nSPS) is 34.9. The summed E-state index contributed by atoms with van der Waals surface area (Å²) >= 11 is 0. The molecule has 2 aliphatic carbocycles. The fourth-order valence-corrected chi connectivity index (χ4v) is 4.27. The van der Waals surface area contributed by atoms with Crippen molar-refractivity contribution in [2.45, 2.75) is 65.9 Å². The van der Waals surface area contributed by atoms with Gasteiger partial charge in [0.2, 0.25) is 0 Å². The summed E-state index contributed by atoms with van der Waals surface area (Å²) in [7, 11) is 0. The number of carbonyl (C=O) groups excluding carboxylic acids is 1. The first kappa shape index (κ1) is 13.9. The Morgan fingerprint density at radius 3 is 2.60 bits per heavy atom. The number of hydrogen-bond acceptors (Lipinski definition) is 2. The molecule has 20 heavy (non-hydrogen) atoms. The Bertz CT molecular complexity index is 520. The summed E-state index contributed by atoms with van der Waals surface area (Å²) in [6, 6.07) is 0. The van der Waals surface area contributed by atoms with Crippen molar-refractivity contribution in [3.63, 3.8) is 0 Å². The van der Waals surface area contributed by atoms with Crippen LogP contribution in [0, 0.1) is 17.3 Å². The summed E-state index contributed by atoms with van der Waals surface area (Å²) in [4.78, 5) is 12.6. The Morgan fingerprint density at radius 2 is 1.90 bits per heavy atom. The molecule has 1 heterocycles. The highest BCUT2D eigenvalue weighted by molar-refractivity contribution is 5.98. The van der Waals surface area contributed by atoms with Crippen LogP contribution < -0.4 is 0 Å². The van der Waals surface area contributed by atoms with E-state index in [0.717, 1.165) is 30.6 Å². The lowest BCUT2D eigenvalue weighted by atomic mass is 9.63. The van der Waals surface area contributed by atoms with Crippen molar-refractivity contribution in [1.82, 2.24) is 0 Å². The average molecular weight is 274 g/mol. The summed E-state index contributed by atoms with van der Waals surface area (Å²) in [5.41, 5.74) is 2.29. The van der Waals surface area contributed by atoms with Gasteiger partial charge in [-0.25, -0.2) is 0 Å². The molecule has 0 N–H and O–H groups in total. The van der Waals surface area contributed by atoms with Crippen molar-refractivity contribution < 1.29 is 9.53 Å². The minimum atomic E-state index is -0.158. The zero-order valence-corrected chi connectivity index (χ0v) is 13.4. The van der Waals surface area contributed by atoms with Crippen LogP contribution in [0.1, 0.15) is 60.3 Å².